The molecule has 8 nitrogen and oxygen atoms in total. The van der Waals surface area contributed by atoms with Gasteiger partial charge in [-0.2, -0.15) is 15.8 Å². The van der Waals surface area contributed by atoms with E-state index in [9.17, 15) is 15.8 Å². The zero-order chi connectivity index (χ0) is 50.1. The number of hydrogen-bond donors (Lipinski definition) is 0. The van der Waals surface area contributed by atoms with Crippen LogP contribution in [0.25, 0.3) is 128 Å². The Morgan fingerprint density at radius 2 is 0.680 bits per heavy atom. The van der Waals surface area contributed by atoms with E-state index >= 15 is 0 Å². The van der Waals surface area contributed by atoms with E-state index in [0.29, 0.717) is 33.9 Å². The van der Waals surface area contributed by atoms with Crippen LogP contribution in [0.1, 0.15) is 16.7 Å². The summed E-state index contributed by atoms with van der Waals surface area (Å²) in [4.78, 5) is 9.90. The standard InChI is InChI=1S/C67H38N8/c68-39-42-17-21-45(22-18-42)59-38-60(72-67(71-59)46-23-19-43(40-69)20-24-46)47-27-32-52(48(35-47)41-70)44-25-28-49(29-26-44)73-65-33-30-50(74-61-13-5-1-9-53(61)54-10-2-6-14-62(54)74)36-57(65)58-37-51(31-34-66(58)73)75-63-15-7-3-11-55(63)56-12-4-8-16-64(56)75/h1-38H. The highest BCUT2D eigenvalue weighted by Gasteiger charge is 2.20. The Morgan fingerprint density at radius 3 is 1.15 bits per heavy atom. The second-order valence-electron chi connectivity index (χ2n) is 18.7. The average molecular weight is 955 g/mol. The third-order valence-electron chi connectivity index (χ3n) is 14.6. The minimum atomic E-state index is 0.477. The molecule has 4 heterocycles. The minimum absolute atomic E-state index is 0.477. The lowest BCUT2D eigenvalue weighted by atomic mass is 9.96. The number of para-hydroxylation sites is 4. The molecule has 0 spiro atoms. The SMILES string of the molecule is N#Cc1ccc(-c2cc(-c3ccc(-c4ccc(-n5c6ccc(-n7c8ccccc8c8ccccc87)cc6c6cc(-n7c8ccccc8c8ccccc87)ccc65)cc4)c(C#N)c3)nc(-c3ccc(C#N)cc3)n2)cc1. The molecule has 0 aliphatic heterocycles. The van der Waals surface area contributed by atoms with Gasteiger partial charge in [-0.05, 0) is 132 Å². The van der Waals surface area contributed by atoms with Crippen molar-refractivity contribution >= 4 is 65.4 Å². The first-order valence-corrected chi connectivity index (χ1v) is 24.6. The van der Waals surface area contributed by atoms with Crippen molar-refractivity contribution in [3.8, 4) is 80.3 Å². The fourth-order valence-electron chi connectivity index (χ4n) is 11.1. The summed E-state index contributed by atoms with van der Waals surface area (Å²) in [5, 5.41) is 36.8. The number of aromatic nitrogens is 5. The molecule has 4 aromatic heterocycles. The minimum Gasteiger partial charge on any atom is -0.309 e. The third kappa shape index (κ3) is 6.96. The number of fused-ring (bicyclic) bond motifs is 9. The summed E-state index contributed by atoms with van der Waals surface area (Å²) in [6.45, 7) is 0. The molecule has 0 aliphatic carbocycles. The quantitative estimate of drug-likeness (QED) is 0.158. The number of nitriles is 3. The van der Waals surface area contributed by atoms with Gasteiger partial charge < -0.3 is 13.7 Å². The van der Waals surface area contributed by atoms with Crippen LogP contribution in [0.2, 0.25) is 0 Å². The molecule has 0 saturated carbocycles. The molecule has 0 radical (unpaired) electrons. The number of rotatable bonds is 7. The molecular weight excluding hydrogens is 917 g/mol. The highest BCUT2D eigenvalue weighted by Crippen LogP contribution is 2.40. The Bertz CT molecular complexity index is 4430. The Hall–Kier alpha value is -10.9. The van der Waals surface area contributed by atoms with Gasteiger partial charge in [0.25, 0.3) is 0 Å². The Kier molecular flexibility index (Phi) is 9.85. The molecule has 0 bridgehead atoms. The van der Waals surface area contributed by atoms with Crippen LogP contribution in [-0.2, 0) is 0 Å². The predicted molar refractivity (Wildman–Crippen MR) is 301 cm³/mol. The van der Waals surface area contributed by atoms with Crippen molar-refractivity contribution < 1.29 is 0 Å². The van der Waals surface area contributed by atoms with Gasteiger partial charge in [-0.25, -0.2) is 9.97 Å². The summed E-state index contributed by atoms with van der Waals surface area (Å²) < 4.78 is 7.11. The Morgan fingerprint density at radius 1 is 0.293 bits per heavy atom. The summed E-state index contributed by atoms with van der Waals surface area (Å²) >= 11 is 0. The number of nitrogens with zero attached hydrogens (tertiary/aromatic N) is 8. The first-order chi connectivity index (χ1) is 37.0. The molecule has 0 N–H and O–H groups in total. The predicted octanol–water partition coefficient (Wildman–Crippen LogP) is 16.1. The van der Waals surface area contributed by atoms with Gasteiger partial charge in [-0.1, -0.05) is 109 Å². The molecular formula is C67H38N8. The maximum Gasteiger partial charge on any atom is 0.160 e. The maximum atomic E-state index is 10.7. The van der Waals surface area contributed by atoms with E-state index in [0.717, 1.165) is 88.8 Å². The van der Waals surface area contributed by atoms with E-state index in [1.54, 1.807) is 24.3 Å². The molecule has 346 valence electrons. The largest absolute Gasteiger partial charge is 0.309 e. The van der Waals surface area contributed by atoms with Crippen LogP contribution in [-0.4, -0.2) is 23.7 Å². The van der Waals surface area contributed by atoms with E-state index in [1.165, 1.54) is 21.5 Å². The smallest absolute Gasteiger partial charge is 0.160 e. The maximum absolute atomic E-state index is 10.7. The topological polar surface area (TPSA) is 112 Å². The van der Waals surface area contributed by atoms with Crippen molar-refractivity contribution in [2.24, 2.45) is 0 Å². The van der Waals surface area contributed by atoms with Crippen LogP contribution in [0.15, 0.2) is 231 Å². The summed E-state index contributed by atoms with van der Waals surface area (Å²) in [6, 6.07) is 85.7. The molecule has 14 aromatic rings. The second kappa shape index (κ2) is 17.2. The molecule has 0 atom stereocenters. The highest BCUT2D eigenvalue weighted by molar-refractivity contribution is 6.14. The molecule has 0 unspecified atom stereocenters. The first-order valence-electron chi connectivity index (χ1n) is 24.6. The molecule has 10 aromatic carbocycles. The average Bonchev–Trinajstić information content (AvgIpc) is 4.13. The second-order valence-corrected chi connectivity index (χ2v) is 18.7. The fourth-order valence-corrected chi connectivity index (χ4v) is 11.1. The lowest BCUT2D eigenvalue weighted by Gasteiger charge is -2.13. The zero-order valence-electron chi connectivity index (χ0n) is 40.0. The molecule has 0 aliphatic rings. The number of benzene rings is 10. The van der Waals surface area contributed by atoms with Gasteiger partial charge in [0.2, 0.25) is 0 Å². The van der Waals surface area contributed by atoms with E-state index in [2.05, 4.69) is 190 Å². The van der Waals surface area contributed by atoms with Gasteiger partial charge in [0.15, 0.2) is 5.82 Å². The van der Waals surface area contributed by atoms with E-state index < -0.39 is 0 Å². The van der Waals surface area contributed by atoms with Gasteiger partial charge in [0.1, 0.15) is 0 Å². The first kappa shape index (κ1) is 43.0. The van der Waals surface area contributed by atoms with Crippen molar-refractivity contribution in [2.45, 2.75) is 0 Å². The van der Waals surface area contributed by atoms with Crippen molar-refractivity contribution in [1.82, 2.24) is 23.7 Å². The van der Waals surface area contributed by atoms with Crippen LogP contribution < -0.4 is 0 Å². The zero-order valence-corrected chi connectivity index (χ0v) is 40.0. The molecule has 75 heavy (non-hydrogen) atoms. The normalized spacial score (nSPS) is 11.4. The molecule has 0 fully saturated rings. The summed E-state index contributed by atoms with van der Waals surface area (Å²) in [7, 11) is 0. The summed E-state index contributed by atoms with van der Waals surface area (Å²) in [5.74, 6) is 0.477. The van der Waals surface area contributed by atoms with E-state index in [4.69, 9.17) is 9.97 Å². The lowest BCUT2D eigenvalue weighted by Crippen LogP contribution is -1.97. The summed E-state index contributed by atoms with van der Waals surface area (Å²) in [5.41, 5.74) is 16.9. The van der Waals surface area contributed by atoms with Crippen LogP contribution in [0.5, 0.6) is 0 Å². The van der Waals surface area contributed by atoms with E-state index in [-0.39, 0.29) is 0 Å². The van der Waals surface area contributed by atoms with Crippen LogP contribution in [0.3, 0.4) is 0 Å². The van der Waals surface area contributed by atoms with Crippen molar-refractivity contribution in [1.29, 1.82) is 15.8 Å². The van der Waals surface area contributed by atoms with Crippen LogP contribution in [0, 0.1) is 34.0 Å². The van der Waals surface area contributed by atoms with Gasteiger partial charge in [-0.15, -0.1) is 0 Å². The van der Waals surface area contributed by atoms with Crippen molar-refractivity contribution in [3.63, 3.8) is 0 Å². The van der Waals surface area contributed by atoms with Crippen molar-refractivity contribution in [2.75, 3.05) is 0 Å². The van der Waals surface area contributed by atoms with Gasteiger partial charge >= 0.3 is 0 Å². The van der Waals surface area contributed by atoms with E-state index in [1.807, 2.05) is 48.5 Å². The third-order valence-corrected chi connectivity index (χ3v) is 14.6. The fraction of sp³-hybridized carbons (Fsp3) is 0. The van der Waals surface area contributed by atoms with Gasteiger partial charge in [-0.3, -0.25) is 0 Å². The Labute approximate surface area is 430 Å². The van der Waals surface area contributed by atoms with Crippen LogP contribution >= 0.6 is 0 Å². The number of hydrogen-bond acceptors (Lipinski definition) is 5. The Balaban J connectivity index is 0.895. The van der Waals surface area contributed by atoms with Crippen LogP contribution in [0.4, 0.5) is 0 Å². The van der Waals surface area contributed by atoms with Gasteiger partial charge in [0.05, 0.1) is 79.4 Å². The van der Waals surface area contributed by atoms with Gasteiger partial charge in [0, 0.05) is 66.1 Å². The lowest BCUT2D eigenvalue weighted by molar-refractivity contribution is 1.16. The van der Waals surface area contributed by atoms with Crippen molar-refractivity contribution in [3.05, 3.63) is 247 Å². The summed E-state index contributed by atoms with van der Waals surface area (Å²) in [6.07, 6.45) is 0. The molecule has 0 amide bonds. The molecule has 0 saturated heterocycles. The monoisotopic (exact) mass is 954 g/mol. The molecule has 14 rings (SSSR count). The highest BCUT2D eigenvalue weighted by atomic mass is 15.0. The molecule has 8 heteroatoms.